The van der Waals surface area contributed by atoms with Crippen LogP contribution in [0.3, 0.4) is 0 Å². The highest BCUT2D eigenvalue weighted by Crippen LogP contribution is 2.20. The lowest BCUT2D eigenvalue weighted by Gasteiger charge is -2.12. The topological polar surface area (TPSA) is 62.2 Å². The van der Waals surface area contributed by atoms with Crippen molar-refractivity contribution in [3.8, 4) is 0 Å². The maximum absolute atomic E-state index is 12.5. The number of rotatable bonds is 9. The molecule has 1 aromatic heterocycles. The third kappa shape index (κ3) is 6.00. The van der Waals surface area contributed by atoms with Crippen LogP contribution in [0.15, 0.2) is 66.9 Å². The number of aliphatic hydroxyl groups excluding tert-OH is 1. The van der Waals surface area contributed by atoms with Crippen LogP contribution in [-0.4, -0.2) is 22.5 Å². The van der Waals surface area contributed by atoms with E-state index in [0.717, 1.165) is 24.3 Å². The van der Waals surface area contributed by atoms with Crippen molar-refractivity contribution in [3.05, 3.63) is 89.1 Å². The third-order valence-electron chi connectivity index (χ3n) is 5.08. The van der Waals surface area contributed by atoms with E-state index in [9.17, 15) is 9.90 Å². The maximum Gasteiger partial charge on any atom is 0.163 e. The number of anilines is 2. The molecule has 1 atom stereocenters. The van der Waals surface area contributed by atoms with Crippen molar-refractivity contribution >= 4 is 17.3 Å². The first kappa shape index (κ1) is 20.7. The van der Waals surface area contributed by atoms with Crippen LogP contribution >= 0.6 is 0 Å². The van der Waals surface area contributed by atoms with Gasteiger partial charge in [-0.25, -0.2) is 4.98 Å². The van der Waals surface area contributed by atoms with Crippen molar-refractivity contribution in [2.75, 3.05) is 11.9 Å². The first-order chi connectivity index (χ1) is 14.1. The van der Waals surface area contributed by atoms with Crippen LogP contribution in [0.25, 0.3) is 0 Å². The molecule has 3 rings (SSSR count). The number of hydrogen-bond donors (Lipinski definition) is 2. The van der Waals surface area contributed by atoms with Gasteiger partial charge in [0, 0.05) is 30.5 Å². The van der Waals surface area contributed by atoms with Crippen LogP contribution < -0.4 is 5.32 Å². The number of pyridine rings is 1. The van der Waals surface area contributed by atoms with Gasteiger partial charge in [-0.15, -0.1) is 0 Å². The molecule has 29 heavy (non-hydrogen) atoms. The van der Waals surface area contributed by atoms with Crippen LogP contribution in [0.4, 0.5) is 11.5 Å². The minimum atomic E-state index is 0.0130. The summed E-state index contributed by atoms with van der Waals surface area (Å²) in [5.74, 6) is 0.816. The molecule has 0 radical (unpaired) electrons. The largest absolute Gasteiger partial charge is 0.396 e. The van der Waals surface area contributed by atoms with Gasteiger partial charge in [-0.1, -0.05) is 55.3 Å². The molecule has 0 saturated carbocycles. The van der Waals surface area contributed by atoms with Crippen LogP contribution in [0.1, 0.15) is 46.8 Å². The van der Waals surface area contributed by atoms with Crippen molar-refractivity contribution in [1.82, 2.24) is 4.98 Å². The first-order valence-corrected chi connectivity index (χ1v) is 10.1. The van der Waals surface area contributed by atoms with E-state index in [1.807, 2.05) is 43.3 Å². The number of ketones is 1. The summed E-state index contributed by atoms with van der Waals surface area (Å²) in [6.45, 7) is 4.12. The Morgan fingerprint density at radius 3 is 2.62 bits per heavy atom. The predicted octanol–water partition coefficient (Wildman–Crippen LogP) is 5.32. The fraction of sp³-hybridized carbons (Fsp3) is 0.280. The predicted molar refractivity (Wildman–Crippen MR) is 118 cm³/mol. The minimum absolute atomic E-state index is 0.0130. The average molecular weight is 389 g/mol. The van der Waals surface area contributed by atoms with E-state index in [4.69, 9.17) is 0 Å². The summed E-state index contributed by atoms with van der Waals surface area (Å²) in [7, 11) is 0. The first-order valence-electron chi connectivity index (χ1n) is 10.1. The molecule has 0 aliphatic heterocycles. The molecule has 2 N–H and O–H groups in total. The van der Waals surface area contributed by atoms with E-state index in [-0.39, 0.29) is 18.3 Å². The van der Waals surface area contributed by atoms with Crippen LogP contribution in [0.2, 0.25) is 0 Å². The van der Waals surface area contributed by atoms with E-state index in [1.54, 1.807) is 6.20 Å². The Kier molecular flexibility index (Phi) is 7.14. The smallest absolute Gasteiger partial charge is 0.163 e. The molecule has 0 aliphatic rings. The van der Waals surface area contributed by atoms with Gasteiger partial charge in [-0.05, 0) is 54.7 Å². The molecule has 0 bridgehead atoms. The maximum atomic E-state index is 12.5. The molecule has 4 heteroatoms. The lowest BCUT2D eigenvalue weighted by Crippen LogP contribution is -2.12. The van der Waals surface area contributed by atoms with Gasteiger partial charge in [-0.3, -0.25) is 4.79 Å². The van der Waals surface area contributed by atoms with Gasteiger partial charge in [0.2, 0.25) is 0 Å². The Hall–Kier alpha value is -2.98. The Morgan fingerprint density at radius 1 is 1.07 bits per heavy atom. The molecule has 3 aromatic rings. The van der Waals surface area contributed by atoms with E-state index < -0.39 is 0 Å². The number of nitrogens with zero attached hydrogens (tertiary/aromatic N) is 1. The van der Waals surface area contributed by atoms with Gasteiger partial charge in [-0.2, -0.15) is 0 Å². The highest BCUT2D eigenvalue weighted by Gasteiger charge is 2.13. The molecule has 1 unspecified atom stereocenters. The summed E-state index contributed by atoms with van der Waals surface area (Å²) in [6, 6.07) is 20.0. The Balaban J connectivity index is 1.71. The van der Waals surface area contributed by atoms with E-state index in [1.165, 1.54) is 16.7 Å². The zero-order chi connectivity index (χ0) is 20.6. The van der Waals surface area contributed by atoms with Gasteiger partial charge in [0.05, 0.1) is 0 Å². The molecule has 0 aliphatic carbocycles. The monoisotopic (exact) mass is 388 g/mol. The fourth-order valence-electron chi connectivity index (χ4n) is 3.35. The average Bonchev–Trinajstić information content (AvgIpc) is 2.72. The zero-order valence-corrected chi connectivity index (χ0v) is 17.1. The number of hydrogen-bond acceptors (Lipinski definition) is 4. The molecule has 0 spiro atoms. The standard InChI is InChI=1S/C25H28N2O2/c1-3-19(17-28)14-24(29)22-8-5-9-23(16-22)27-25-15-21(10-11-26-25)13-20-7-4-6-18(2)12-20/h4-12,15-16,19,28H,3,13-14,17H2,1-2H3,(H,26,27). The highest BCUT2D eigenvalue weighted by atomic mass is 16.3. The zero-order valence-electron chi connectivity index (χ0n) is 17.1. The Bertz CT molecular complexity index is 964. The Labute approximate surface area is 172 Å². The summed E-state index contributed by atoms with van der Waals surface area (Å²) in [4.78, 5) is 16.9. The van der Waals surface area contributed by atoms with Crippen molar-refractivity contribution in [2.45, 2.75) is 33.1 Å². The van der Waals surface area contributed by atoms with Crippen molar-refractivity contribution < 1.29 is 9.90 Å². The van der Waals surface area contributed by atoms with Gasteiger partial charge in [0.1, 0.15) is 5.82 Å². The van der Waals surface area contributed by atoms with E-state index in [2.05, 4.69) is 41.5 Å². The second-order valence-corrected chi connectivity index (χ2v) is 7.51. The number of aliphatic hydroxyl groups is 1. The molecule has 2 aromatic carbocycles. The molecule has 1 heterocycles. The number of benzene rings is 2. The second-order valence-electron chi connectivity index (χ2n) is 7.51. The summed E-state index contributed by atoms with van der Waals surface area (Å²) in [5.41, 5.74) is 5.17. The number of aryl methyl sites for hydroxylation is 1. The van der Waals surface area contributed by atoms with Crippen molar-refractivity contribution in [3.63, 3.8) is 0 Å². The molecule has 0 saturated heterocycles. The number of Topliss-reactive ketones (excluding diaryl/α,β-unsaturated/α-hetero) is 1. The second kappa shape index (κ2) is 9.99. The molecule has 4 nitrogen and oxygen atoms in total. The van der Waals surface area contributed by atoms with Gasteiger partial charge in [0.25, 0.3) is 0 Å². The molecule has 0 amide bonds. The van der Waals surface area contributed by atoms with Gasteiger partial charge >= 0.3 is 0 Å². The normalized spacial score (nSPS) is 11.8. The summed E-state index contributed by atoms with van der Waals surface area (Å²) in [5, 5.41) is 12.7. The quantitative estimate of drug-likeness (QED) is 0.487. The summed E-state index contributed by atoms with van der Waals surface area (Å²) < 4.78 is 0. The Morgan fingerprint density at radius 2 is 1.86 bits per heavy atom. The van der Waals surface area contributed by atoms with Crippen LogP contribution in [0.5, 0.6) is 0 Å². The molecular formula is C25H28N2O2. The number of nitrogens with one attached hydrogen (secondary N) is 1. The van der Waals surface area contributed by atoms with E-state index >= 15 is 0 Å². The number of aromatic nitrogens is 1. The summed E-state index contributed by atoms with van der Waals surface area (Å²) in [6.07, 6.45) is 3.80. The number of carbonyl (C=O) groups is 1. The highest BCUT2D eigenvalue weighted by molar-refractivity contribution is 5.97. The number of carbonyl (C=O) groups excluding carboxylic acids is 1. The minimum Gasteiger partial charge on any atom is -0.396 e. The van der Waals surface area contributed by atoms with Gasteiger partial charge < -0.3 is 10.4 Å². The SMILES string of the molecule is CCC(CO)CC(=O)c1cccc(Nc2cc(Cc3cccc(C)c3)ccn2)c1. The van der Waals surface area contributed by atoms with Gasteiger partial charge in [0.15, 0.2) is 5.78 Å². The fourth-order valence-corrected chi connectivity index (χ4v) is 3.35. The van der Waals surface area contributed by atoms with Crippen molar-refractivity contribution in [2.24, 2.45) is 5.92 Å². The summed E-state index contributed by atoms with van der Waals surface area (Å²) >= 11 is 0. The van der Waals surface area contributed by atoms with E-state index in [0.29, 0.717) is 12.0 Å². The molecule has 0 fully saturated rings. The lowest BCUT2D eigenvalue weighted by atomic mass is 9.96. The van der Waals surface area contributed by atoms with Crippen molar-refractivity contribution in [1.29, 1.82) is 0 Å². The lowest BCUT2D eigenvalue weighted by molar-refractivity contribution is 0.0934. The molecular weight excluding hydrogens is 360 g/mol. The van der Waals surface area contributed by atoms with Crippen LogP contribution in [0, 0.1) is 12.8 Å². The molecule has 150 valence electrons. The third-order valence-corrected chi connectivity index (χ3v) is 5.08. The van der Waals surface area contributed by atoms with Crippen LogP contribution in [-0.2, 0) is 6.42 Å².